The summed E-state index contributed by atoms with van der Waals surface area (Å²) < 4.78 is 0. The fourth-order valence-corrected chi connectivity index (χ4v) is 1.72. The summed E-state index contributed by atoms with van der Waals surface area (Å²) in [5.74, 6) is -0.478. The molecule has 1 aliphatic heterocycles. The second-order valence-electron chi connectivity index (χ2n) is 3.82. The van der Waals surface area contributed by atoms with Crippen LogP contribution in [0.5, 0.6) is 0 Å². The lowest BCUT2D eigenvalue weighted by molar-refractivity contribution is -0.136. The summed E-state index contributed by atoms with van der Waals surface area (Å²) in [6.07, 6.45) is 2.53. The Labute approximate surface area is 87.8 Å². The van der Waals surface area contributed by atoms with Crippen LogP contribution in [0.15, 0.2) is 6.20 Å². The van der Waals surface area contributed by atoms with E-state index in [0.717, 1.165) is 30.8 Å². The van der Waals surface area contributed by atoms with Crippen LogP contribution in [0.2, 0.25) is 0 Å². The van der Waals surface area contributed by atoms with Gasteiger partial charge in [-0.3, -0.25) is 4.79 Å². The van der Waals surface area contributed by atoms with Gasteiger partial charge in [-0.2, -0.15) is 0 Å². The summed E-state index contributed by atoms with van der Waals surface area (Å²) in [6.45, 7) is 1.82. The summed E-state index contributed by atoms with van der Waals surface area (Å²) in [5, 5.41) is 8.62. The highest BCUT2D eigenvalue weighted by Crippen LogP contribution is 2.14. The van der Waals surface area contributed by atoms with Crippen molar-refractivity contribution in [3.05, 3.63) is 23.3 Å². The van der Waals surface area contributed by atoms with Crippen LogP contribution in [0.4, 0.5) is 0 Å². The number of hydrogen-bond donors (Lipinski definition) is 1. The summed E-state index contributed by atoms with van der Waals surface area (Å²) in [4.78, 5) is 21.0. The van der Waals surface area contributed by atoms with E-state index in [0.29, 0.717) is 5.82 Å². The first-order valence-corrected chi connectivity index (χ1v) is 4.89. The van der Waals surface area contributed by atoms with Crippen molar-refractivity contribution in [2.24, 2.45) is 0 Å². The first-order chi connectivity index (χ1) is 7.15. The van der Waals surface area contributed by atoms with E-state index in [1.807, 2.05) is 7.05 Å². The highest BCUT2D eigenvalue weighted by molar-refractivity contribution is 5.68. The molecule has 0 spiro atoms. The van der Waals surface area contributed by atoms with Crippen LogP contribution in [0.3, 0.4) is 0 Å². The molecule has 2 rings (SSSR count). The number of hydrogen-bond acceptors (Lipinski definition) is 4. The molecule has 0 aliphatic carbocycles. The number of carboxylic acid groups (broad SMARTS) is 1. The molecule has 0 amide bonds. The standard InChI is InChI=1S/C10H13N3O2/c1-13-3-2-8-7(6-13)5-11-9(12-8)4-10(14)15/h5H,2-4,6H2,1H3,(H,14,15). The number of fused-ring (bicyclic) bond motifs is 1. The third-order valence-corrected chi connectivity index (χ3v) is 2.48. The lowest BCUT2D eigenvalue weighted by atomic mass is 10.1. The van der Waals surface area contributed by atoms with Crippen molar-refractivity contribution in [1.82, 2.24) is 14.9 Å². The third-order valence-electron chi connectivity index (χ3n) is 2.48. The Kier molecular flexibility index (Phi) is 2.64. The van der Waals surface area contributed by atoms with E-state index in [-0.39, 0.29) is 6.42 Å². The minimum Gasteiger partial charge on any atom is -0.481 e. The molecule has 0 aromatic carbocycles. The first-order valence-electron chi connectivity index (χ1n) is 4.89. The molecular weight excluding hydrogens is 194 g/mol. The van der Waals surface area contributed by atoms with Crippen LogP contribution in [0, 0.1) is 0 Å². The van der Waals surface area contributed by atoms with Crippen molar-refractivity contribution < 1.29 is 9.90 Å². The molecule has 0 radical (unpaired) electrons. The van der Waals surface area contributed by atoms with Crippen molar-refractivity contribution in [1.29, 1.82) is 0 Å². The lowest BCUT2D eigenvalue weighted by Gasteiger charge is -2.23. The fraction of sp³-hybridized carbons (Fsp3) is 0.500. The molecule has 1 N–H and O–H groups in total. The Morgan fingerprint density at radius 3 is 3.20 bits per heavy atom. The van der Waals surface area contributed by atoms with Crippen molar-refractivity contribution in [3.63, 3.8) is 0 Å². The quantitative estimate of drug-likeness (QED) is 0.744. The lowest BCUT2D eigenvalue weighted by Crippen LogP contribution is -2.28. The van der Waals surface area contributed by atoms with E-state index in [2.05, 4.69) is 14.9 Å². The summed E-state index contributed by atoms with van der Waals surface area (Å²) in [5.41, 5.74) is 2.11. The van der Waals surface area contributed by atoms with Crippen LogP contribution in [0.25, 0.3) is 0 Å². The predicted octanol–water partition coefficient (Wildman–Crippen LogP) is 0.0916. The van der Waals surface area contributed by atoms with E-state index < -0.39 is 5.97 Å². The van der Waals surface area contributed by atoms with Gasteiger partial charge in [0, 0.05) is 37.0 Å². The largest absolute Gasteiger partial charge is 0.481 e. The van der Waals surface area contributed by atoms with Crippen molar-refractivity contribution in [2.75, 3.05) is 13.6 Å². The Morgan fingerprint density at radius 2 is 2.47 bits per heavy atom. The first kappa shape index (κ1) is 10.0. The maximum absolute atomic E-state index is 10.5. The SMILES string of the molecule is CN1CCc2nc(CC(=O)O)ncc2C1. The number of rotatable bonds is 2. The highest BCUT2D eigenvalue weighted by atomic mass is 16.4. The zero-order chi connectivity index (χ0) is 10.8. The van der Waals surface area contributed by atoms with Crippen molar-refractivity contribution >= 4 is 5.97 Å². The number of nitrogens with zero attached hydrogens (tertiary/aromatic N) is 3. The monoisotopic (exact) mass is 207 g/mol. The zero-order valence-electron chi connectivity index (χ0n) is 8.60. The maximum atomic E-state index is 10.5. The Bertz CT molecular complexity index is 392. The van der Waals surface area contributed by atoms with Crippen molar-refractivity contribution in [2.45, 2.75) is 19.4 Å². The molecule has 0 fully saturated rings. The molecule has 1 aromatic heterocycles. The summed E-state index contributed by atoms with van der Waals surface area (Å²) >= 11 is 0. The fourth-order valence-electron chi connectivity index (χ4n) is 1.72. The van der Waals surface area contributed by atoms with Gasteiger partial charge in [-0.1, -0.05) is 0 Å². The molecule has 1 aromatic rings. The number of carbonyl (C=O) groups is 1. The second kappa shape index (κ2) is 3.94. The Balaban J connectivity index is 2.23. The molecule has 0 bridgehead atoms. The second-order valence-corrected chi connectivity index (χ2v) is 3.82. The molecule has 15 heavy (non-hydrogen) atoms. The molecule has 5 nitrogen and oxygen atoms in total. The van der Waals surface area contributed by atoms with E-state index in [9.17, 15) is 4.79 Å². The van der Waals surface area contributed by atoms with Crippen LogP contribution in [-0.2, 0) is 24.2 Å². The maximum Gasteiger partial charge on any atom is 0.311 e. The highest BCUT2D eigenvalue weighted by Gasteiger charge is 2.15. The smallest absolute Gasteiger partial charge is 0.311 e. The predicted molar refractivity (Wildman–Crippen MR) is 53.4 cm³/mol. The van der Waals surface area contributed by atoms with Crippen molar-refractivity contribution in [3.8, 4) is 0 Å². The van der Waals surface area contributed by atoms with Gasteiger partial charge in [-0.15, -0.1) is 0 Å². The van der Waals surface area contributed by atoms with Gasteiger partial charge in [0.1, 0.15) is 12.2 Å². The minimum absolute atomic E-state index is 0.0941. The van der Waals surface area contributed by atoms with E-state index in [1.165, 1.54) is 0 Å². The zero-order valence-corrected chi connectivity index (χ0v) is 8.60. The van der Waals surface area contributed by atoms with Gasteiger partial charge in [0.2, 0.25) is 0 Å². The average Bonchev–Trinajstić information content (AvgIpc) is 2.17. The van der Waals surface area contributed by atoms with Crippen LogP contribution < -0.4 is 0 Å². The topological polar surface area (TPSA) is 66.3 Å². The number of aromatic nitrogens is 2. The van der Waals surface area contributed by atoms with Gasteiger partial charge in [0.05, 0.1) is 0 Å². The molecule has 0 saturated heterocycles. The minimum atomic E-state index is -0.886. The van der Waals surface area contributed by atoms with Gasteiger partial charge in [-0.05, 0) is 7.05 Å². The van der Waals surface area contributed by atoms with E-state index in [4.69, 9.17) is 5.11 Å². The normalized spacial score (nSPS) is 16.1. The van der Waals surface area contributed by atoms with Gasteiger partial charge in [0.25, 0.3) is 0 Å². The third kappa shape index (κ3) is 2.30. The summed E-state index contributed by atoms with van der Waals surface area (Å²) in [6, 6.07) is 0. The summed E-state index contributed by atoms with van der Waals surface area (Å²) in [7, 11) is 2.05. The van der Waals surface area contributed by atoms with Gasteiger partial charge >= 0.3 is 5.97 Å². The van der Waals surface area contributed by atoms with Crippen LogP contribution in [0.1, 0.15) is 17.1 Å². The van der Waals surface area contributed by atoms with Gasteiger partial charge in [0.15, 0.2) is 0 Å². The van der Waals surface area contributed by atoms with Gasteiger partial charge < -0.3 is 10.0 Å². The van der Waals surface area contributed by atoms with Gasteiger partial charge in [-0.25, -0.2) is 9.97 Å². The molecule has 80 valence electrons. The molecule has 2 heterocycles. The molecule has 1 aliphatic rings. The Hall–Kier alpha value is -1.49. The number of carboxylic acids is 1. The number of aliphatic carboxylic acids is 1. The molecule has 0 saturated carbocycles. The van der Waals surface area contributed by atoms with E-state index in [1.54, 1.807) is 6.20 Å². The molecule has 0 unspecified atom stereocenters. The average molecular weight is 207 g/mol. The molecular formula is C10H13N3O2. The van der Waals surface area contributed by atoms with Crippen LogP contribution in [-0.4, -0.2) is 39.5 Å². The van der Waals surface area contributed by atoms with E-state index >= 15 is 0 Å². The Morgan fingerprint density at radius 1 is 1.67 bits per heavy atom. The number of likely N-dealkylation sites (N-methyl/N-ethyl adjacent to an activating group) is 1. The molecule has 5 heteroatoms. The molecule has 0 atom stereocenters. The van der Waals surface area contributed by atoms with Crippen LogP contribution >= 0.6 is 0 Å².